The molecule has 0 aliphatic rings. The molecule has 1 atom stereocenters. The first-order valence-corrected chi connectivity index (χ1v) is 4.46. The van der Waals surface area contributed by atoms with Gasteiger partial charge in [0.05, 0.1) is 0 Å². The van der Waals surface area contributed by atoms with Crippen molar-refractivity contribution in [2.45, 2.75) is 52.1 Å². The molecule has 0 aliphatic carbocycles. The van der Waals surface area contributed by atoms with E-state index >= 15 is 0 Å². The average Bonchev–Trinajstić information content (AvgIpc) is 1.83. The molecule has 3 N–H and O–H groups in total. The van der Waals surface area contributed by atoms with Gasteiger partial charge in [-0.3, -0.25) is 0 Å². The lowest BCUT2D eigenvalue weighted by Crippen LogP contribution is -2.43. The van der Waals surface area contributed by atoms with Gasteiger partial charge in [-0.15, -0.1) is 0 Å². The summed E-state index contributed by atoms with van der Waals surface area (Å²) in [5, 5.41) is 3.38. The molecule has 0 fully saturated rings. The van der Waals surface area contributed by atoms with Crippen LogP contribution >= 0.6 is 0 Å². The normalized spacial score (nSPS) is 15.0. The number of nitrogens with two attached hydrogens (primary N) is 1. The Morgan fingerprint density at radius 3 is 2.27 bits per heavy atom. The van der Waals surface area contributed by atoms with Crippen molar-refractivity contribution in [1.29, 1.82) is 0 Å². The van der Waals surface area contributed by atoms with Gasteiger partial charge in [0.15, 0.2) is 0 Å². The van der Waals surface area contributed by atoms with Crippen molar-refractivity contribution in [1.82, 2.24) is 5.32 Å². The fourth-order valence-electron chi connectivity index (χ4n) is 0.910. The Kier molecular flexibility index (Phi) is 4.69. The molecule has 2 heteroatoms. The Balaban J connectivity index is 3.38. The zero-order valence-electron chi connectivity index (χ0n) is 8.28. The standard InChI is InChI=1S/C9H22N2/c1-5-6-8(10)7-11-9(2,3)4/h8,11H,5-7,10H2,1-4H3. The average molecular weight is 158 g/mol. The van der Waals surface area contributed by atoms with E-state index in [4.69, 9.17) is 5.73 Å². The van der Waals surface area contributed by atoms with Crippen LogP contribution in [0.4, 0.5) is 0 Å². The highest BCUT2D eigenvalue weighted by Crippen LogP contribution is 1.99. The summed E-state index contributed by atoms with van der Waals surface area (Å²) in [5.41, 5.74) is 6.03. The number of hydrogen-bond acceptors (Lipinski definition) is 2. The topological polar surface area (TPSA) is 38.0 Å². The van der Waals surface area contributed by atoms with Crippen LogP contribution in [-0.4, -0.2) is 18.1 Å². The first-order valence-electron chi connectivity index (χ1n) is 4.46. The Bertz CT molecular complexity index is 94.2. The number of rotatable bonds is 4. The minimum atomic E-state index is 0.200. The SMILES string of the molecule is CCCC(N)CNC(C)(C)C. The Morgan fingerprint density at radius 1 is 1.36 bits per heavy atom. The summed E-state index contributed by atoms with van der Waals surface area (Å²) in [4.78, 5) is 0. The molecule has 0 aromatic rings. The van der Waals surface area contributed by atoms with Crippen LogP contribution in [-0.2, 0) is 0 Å². The molecule has 0 radical (unpaired) electrons. The van der Waals surface area contributed by atoms with E-state index in [-0.39, 0.29) is 5.54 Å². The van der Waals surface area contributed by atoms with E-state index in [1.807, 2.05) is 0 Å². The molecule has 0 aliphatic heterocycles. The predicted molar refractivity (Wildman–Crippen MR) is 50.6 cm³/mol. The van der Waals surface area contributed by atoms with E-state index in [1.54, 1.807) is 0 Å². The highest BCUT2D eigenvalue weighted by molar-refractivity contribution is 4.74. The molecule has 11 heavy (non-hydrogen) atoms. The van der Waals surface area contributed by atoms with Gasteiger partial charge in [0.25, 0.3) is 0 Å². The fourth-order valence-corrected chi connectivity index (χ4v) is 0.910. The van der Waals surface area contributed by atoms with E-state index in [9.17, 15) is 0 Å². The van der Waals surface area contributed by atoms with E-state index in [2.05, 4.69) is 33.0 Å². The summed E-state index contributed by atoms with van der Waals surface area (Å²) in [5.74, 6) is 0. The summed E-state index contributed by atoms with van der Waals surface area (Å²) in [6.07, 6.45) is 2.29. The lowest BCUT2D eigenvalue weighted by Gasteiger charge is -2.23. The zero-order chi connectivity index (χ0) is 8.91. The van der Waals surface area contributed by atoms with Crippen molar-refractivity contribution in [2.24, 2.45) is 5.73 Å². The van der Waals surface area contributed by atoms with E-state index in [0.717, 1.165) is 13.0 Å². The molecule has 0 saturated carbocycles. The van der Waals surface area contributed by atoms with Gasteiger partial charge in [0.1, 0.15) is 0 Å². The van der Waals surface area contributed by atoms with Gasteiger partial charge in [0.2, 0.25) is 0 Å². The summed E-state index contributed by atoms with van der Waals surface area (Å²) in [6.45, 7) is 9.57. The maximum Gasteiger partial charge on any atom is 0.0165 e. The molecule has 0 heterocycles. The first-order chi connectivity index (χ1) is 4.95. The highest BCUT2D eigenvalue weighted by atomic mass is 15.0. The van der Waals surface area contributed by atoms with Crippen LogP contribution in [0.2, 0.25) is 0 Å². The van der Waals surface area contributed by atoms with Crippen LogP contribution in [0, 0.1) is 0 Å². The fraction of sp³-hybridized carbons (Fsp3) is 1.00. The number of nitrogens with one attached hydrogen (secondary N) is 1. The Morgan fingerprint density at radius 2 is 1.91 bits per heavy atom. The molecule has 68 valence electrons. The van der Waals surface area contributed by atoms with Gasteiger partial charge >= 0.3 is 0 Å². The third kappa shape index (κ3) is 7.82. The lowest BCUT2D eigenvalue weighted by molar-refractivity contribution is 0.397. The quantitative estimate of drug-likeness (QED) is 0.650. The van der Waals surface area contributed by atoms with Crippen molar-refractivity contribution in [3.8, 4) is 0 Å². The Hall–Kier alpha value is -0.0800. The summed E-state index contributed by atoms with van der Waals surface area (Å²) in [6, 6.07) is 0.319. The molecule has 0 amide bonds. The third-order valence-corrected chi connectivity index (χ3v) is 1.55. The minimum Gasteiger partial charge on any atom is -0.327 e. The predicted octanol–water partition coefficient (Wildman–Crippen LogP) is 1.50. The summed E-state index contributed by atoms with van der Waals surface area (Å²) < 4.78 is 0. The van der Waals surface area contributed by atoms with Gasteiger partial charge in [-0.25, -0.2) is 0 Å². The van der Waals surface area contributed by atoms with Crippen LogP contribution in [0.3, 0.4) is 0 Å². The summed E-state index contributed by atoms with van der Waals surface area (Å²) in [7, 11) is 0. The molecule has 0 bridgehead atoms. The maximum atomic E-state index is 5.83. The van der Waals surface area contributed by atoms with Crippen molar-refractivity contribution in [3.05, 3.63) is 0 Å². The lowest BCUT2D eigenvalue weighted by atomic mass is 10.1. The van der Waals surface area contributed by atoms with E-state index in [0.29, 0.717) is 6.04 Å². The zero-order valence-corrected chi connectivity index (χ0v) is 8.28. The van der Waals surface area contributed by atoms with Gasteiger partial charge < -0.3 is 11.1 Å². The summed E-state index contributed by atoms with van der Waals surface area (Å²) >= 11 is 0. The second-order valence-corrected chi connectivity index (χ2v) is 4.18. The highest BCUT2D eigenvalue weighted by Gasteiger charge is 2.10. The van der Waals surface area contributed by atoms with Crippen molar-refractivity contribution in [3.63, 3.8) is 0 Å². The van der Waals surface area contributed by atoms with Crippen LogP contribution in [0.15, 0.2) is 0 Å². The second kappa shape index (κ2) is 4.73. The first kappa shape index (κ1) is 10.9. The van der Waals surface area contributed by atoms with E-state index < -0.39 is 0 Å². The van der Waals surface area contributed by atoms with Crippen LogP contribution in [0.5, 0.6) is 0 Å². The van der Waals surface area contributed by atoms with Gasteiger partial charge in [-0.1, -0.05) is 13.3 Å². The molecule has 2 nitrogen and oxygen atoms in total. The van der Waals surface area contributed by atoms with Gasteiger partial charge in [-0.05, 0) is 27.2 Å². The molecule has 0 rings (SSSR count). The maximum absolute atomic E-state index is 5.83. The van der Waals surface area contributed by atoms with Crippen molar-refractivity contribution < 1.29 is 0 Å². The monoisotopic (exact) mass is 158 g/mol. The molecular weight excluding hydrogens is 136 g/mol. The minimum absolute atomic E-state index is 0.200. The van der Waals surface area contributed by atoms with E-state index in [1.165, 1.54) is 6.42 Å². The molecule has 1 unspecified atom stereocenters. The smallest absolute Gasteiger partial charge is 0.0165 e. The largest absolute Gasteiger partial charge is 0.327 e. The molecule has 0 aromatic heterocycles. The molecule has 0 aromatic carbocycles. The van der Waals surface area contributed by atoms with Crippen LogP contribution in [0.1, 0.15) is 40.5 Å². The van der Waals surface area contributed by atoms with Gasteiger partial charge in [0, 0.05) is 18.1 Å². The van der Waals surface area contributed by atoms with Crippen LogP contribution < -0.4 is 11.1 Å². The number of hydrogen-bond donors (Lipinski definition) is 2. The molecule has 0 saturated heterocycles. The van der Waals surface area contributed by atoms with Crippen molar-refractivity contribution >= 4 is 0 Å². The molecular formula is C9H22N2. The molecule has 0 spiro atoms. The third-order valence-electron chi connectivity index (χ3n) is 1.55. The van der Waals surface area contributed by atoms with Crippen LogP contribution in [0.25, 0.3) is 0 Å². The van der Waals surface area contributed by atoms with Crippen molar-refractivity contribution in [2.75, 3.05) is 6.54 Å². The Labute approximate surface area is 70.5 Å². The van der Waals surface area contributed by atoms with Gasteiger partial charge in [-0.2, -0.15) is 0 Å². The second-order valence-electron chi connectivity index (χ2n) is 4.18.